The van der Waals surface area contributed by atoms with Crippen LogP contribution in [0.5, 0.6) is 5.75 Å². The lowest BCUT2D eigenvalue weighted by atomic mass is 9.97. The zero-order valence-electron chi connectivity index (χ0n) is 14.8. The number of ether oxygens (including phenoxy) is 1. The van der Waals surface area contributed by atoms with E-state index in [9.17, 15) is 4.79 Å². The molecule has 0 aliphatic carbocycles. The Labute approximate surface area is 146 Å². The quantitative estimate of drug-likeness (QED) is 0.753. The van der Waals surface area contributed by atoms with Crippen molar-refractivity contribution in [1.29, 1.82) is 0 Å². The van der Waals surface area contributed by atoms with Crippen molar-refractivity contribution in [3.63, 3.8) is 0 Å². The lowest BCUT2D eigenvalue weighted by Crippen LogP contribution is -2.48. The first-order valence-electron chi connectivity index (χ1n) is 8.84. The molecule has 2 aliphatic rings. The van der Waals surface area contributed by atoms with Gasteiger partial charge in [0, 0.05) is 38.8 Å². The van der Waals surface area contributed by atoms with E-state index in [1.165, 1.54) is 5.57 Å². The van der Waals surface area contributed by atoms with Crippen molar-refractivity contribution in [1.82, 2.24) is 25.1 Å². The third kappa shape index (κ3) is 2.68. The van der Waals surface area contributed by atoms with Gasteiger partial charge in [0.2, 0.25) is 0 Å². The number of aromatic nitrogens is 2. The predicted molar refractivity (Wildman–Crippen MR) is 99.1 cm³/mol. The molecule has 1 atom stereocenters. The summed E-state index contributed by atoms with van der Waals surface area (Å²) in [5.74, 6) is 0.822. The van der Waals surface area contributed by atoms with E-state index in [0.29, 0.717) is 0 Å². The second-order valence-electron chi connectivity index (χ2n) is 6.58. The standard InChI is InChI=1S/C18H25N5O2/c1-22-17-13(23(18(22)24)15-11-20-9-10-21-15)3-4-14(25-2)16(17)12-5-7-19-8-6-12/h3-5,15,19-21H,6-11H2,1-2H3. The highest BCUT2D eigenvalue weighted by Gasteiger charge is 2.25. The van der Waals surface area contributed by atoms with Crippen molar-refractivity contribution in [2.45, 2.75) is 12.6 Å². The average molecular weight is 343 g/mol. The molecule has 3 N–H and O–H groups in total. The molecule has 2 aliphatic heterocycles. The van der Waals surface area contributed by atoms with Crippen LogP contribution in [0.2, 0.25) is 0 Å². The van der Waals surface area contributed by atoms with E-state index < -0.39 is 0 Å². The first kappa shape index (κ1) is 16.4. The maximum atomic E-state index is 13.0. The molecule has 0 radical (unpaired) electrons. The van der Waals surface area contributed by atoms with E-state index in [-0.39, 0.29) is 11.9 Å². The van der Waals surface area contributed by atoms with Crippen LogP contribution in [0.25, 0.3) is 16.6 Å². The highest BCUT2D eigenvalue weighted by atomic mass is 16.5. The fourth-order valence-electron chi connectivity index (χ4n) is 3.91. The monoisotopic (exact) mass is 343 g/mol. The topological polar surface area (TPSA) is 72.2 Å². The van der Waals surface area contributed by atoms with Crippen molar-refractivity contribution in [2.24, 2.45) is 7.05 Å². The van der Waals surface area contributed by atoms with E-state index in [1.54, 1.807) is 11.7 Å². The van der Waals surface area contributed by atoms with Gasteiger partial charge < -0.3 is 15.4 Å². The Morgan fingerprint density at radius 3 is 2.76 bits per heavy atom. The molecule has 0 amide bonds. The van der Waals surface area contributed by atoms with Gasteiger partial charge in [0.05, 0.1) is 18.1 Å². The van der Waals surface area contributed by atoms with Gasteiger partial charge in [-0.3, -0.25) is 14.5 Å². The summed E-state index contributed by atoms with van der Waals surface area (Å²) in [6.45, 7) is 4.31. The minimum Gasteiger partial charge on any atom is -0.496 e. The normalized spacial score (nSPS) is 21.4. The third-order valence-corrected chi connectivity index (χ3v) is 5.14. The van der Waals surface area contributed by atoms with Crippen LogP contribution < -0.4 is 26.4 Å². The number of rotatable bonds is 3. The van der Waals surface area contributed by atoms with Crippen molar-refractivity contribution < 1.29 is 4.74 Å². The minimum atomic E-state index is -0.0341. The summed E-state index contributed by atoms with van der Waals surface area (Å²) in [7, 11) is 3.54. The Bertz CT molecular complexity index is 874. The maximum absolute atomic E-state index is 13.0. The summed E-state index contributed by atoms with van der Waals surface area (Å²) in [4.78, 5) is 13.0. The third-order valence-electron chi connectivity index (χ3n) is 5.14. The molecule has 4 rings (SSSR count). The van der Waals surface area contributed by atoms with E-state index >= 15 is 0 Å². The molecule has 134 valence electrons. The van der Waals surface area contributed by atoms with Crippen LogP contribution in [0.15, 0.2) is 23.0 Å². The van der Waals surface area contributed by atoms with E-state index in [1.807, 2.05) is 23.7 Å². The number of hydrogen-bond donors (Lipinski definition) is 3. The van der Waals surface area contributed by atoms with E-state index in [4.69, 9.17) is 4.74 Å². The van der Waals surface area contributed by atoms with Crippen LogP contribution >= 0.6 is 0 Å². The molecule has 1 aromatic carbocycles. The van der Waals surface area contributed by atoms with Crippen LogP contribution in [-0.2, 0) is 7.05 Å². The molecule has 1 unspecified atom stereocenters. The second kappa shape index (κ2) is 6.67. The number of imidazole rings is 1. The number of methoxy groups -OCH3 is 1. The summed E-state index contributed by atoms with van der Waals surface area (Å²) in [5, 5.41) is 10.1. The minimum absolute atomic E-state index is 0.000220. The van der Waals surface area contributed by atoms with Gasteiger partial charge in [-0.15, -0.1) is 0 Å². The average Bonchev–Trinajstić information content (AvgIpc) is 2.93. The van der Waals surface area contributed by atoms with Crippen LogP contribution in [-0.4, -0.2) is 49.0 Å². The van der Waals surface area contributed by atoms with Gasteiger partial charge in [0.1, 0.15) is 11.9 Å². The van der Waals surface area contributed by atoms with Crippen LogP contribution in [0.3, 0.4) is 0 Å². The lowest BCUT2D eigenvalue weighted by Gasteiger charge is -2.25. The Morgan fingerprint density at radius 2 is 2.08 bits per heavy atom. The number of aryl methyl sites for hydroxylation is 1. The van der Waals surface area contributed by atoms with Crippen LogP contribution in [0.4, 0.5) is 0 Å². The van der Waals surface area contributed by atoms with Crippen molar-refractivity contribution >= 4 is 16.6 Å². The number of nitrogens with zero attached hydrogens (tertiary/aromatic N) is 2. The highest BCUT2D eigenvalue weighted by molar-refractivity contribution is 5.93. The van der Waals surface area contributed by atoms with Gasteiger partial charge in [-0.25, -0.2) is 4.79 Å². The van der Waals surface area contributed by atoms with Crippen LogP contribution in [0, 0.1) is 0 Å². The fourth-order valence-corrected chi connectivity index (χ4v) is 3.91. The molecule has 0 bridgehead atoms. The van der Waals surface area contributed by atoms with Gasteiger partial charge in [0.15, 0.2) is 0 Å². The molecule has 7 nitrogen and oxygen atoms in total. The molecular formula is C18H25N5O2. The maximum Gasteiger partial charge on any atom is 0.330 e. The Morgan fingerprint density at radius 1 is 1.20 bits per heavy atom. The lowest BCUT2D eigenvalue weighted by molar-refractivity contribution is 0.336. The molecule has 1 fully saturated rings. The zero-order valence-corrected chi connectivity index (χ0v) is 14.8. The molecule has 25 heavy (non-hydrogen) atoms. The number of fused-ring (bicyclic) bond motifs is 1. The highest BCUT2D eigenvalue weighted by Crippen LogP contribution is 2.35. The van der Waals surface area contributed by atoms with Crippen molar-refractivity contribution in [3.8, 4) is 5.75 Å². The van der Waals surface area contributed by atoms with E-state index in [2.05, 4.69) is 22.0 Å². The number of piperazine rings is 1. The molecule has 0 saturated carbocycles. The van der Waals surface area contributed by atoms with Gasteiger partial charge in [-0.1, -0.05) is 6.08 Å². The largest absolute Gasteiger partial charge is 0.496 e. The Hall–Kier alpha value is -2.09. The first-order chi connectivity index (χ1) is 12.2. The molecule has 2 aromatic rings. The molecule has 1 aromatic heterocycles. The van der Waals surface area contributed by atoms with Crippen molar-refractivity contribution in [3.05, 3.63) is 34.3 Å². The Balaban J connectivity index is 1.97. The summed E-state index contributed by atoms with van der Waals surface area (Å²) in [6, 6.07) is 3.98. The predicted octanol–water partition coefficient (Wildman–Crippen LogP) is 0.417. The van der Waals surface area contributed by atoms with Gasteiger partial charge in [-0.05, 0) is 30.7 Å². The summed E-state index contributed by atoms with van der Waals surface area (Å²) >= 11 is 0. The summed E-state index contributed by atoms with van der Waals surface area (Å²) < 4.78 is 9.27. The number of hydrogen-bond acceptors (Lipinski definition) is 5. The first-order valence-corrected chi connectivity index (χ1v) is 8.84. The van der Waals surface area contributed by atoms with Gasteiger partial charge >= 0.3 is 5.69 Å². The molecule has 3 heterocycles. The number of benzene rings is 1. The van der Waals surface area contributed by atoms with Gasteiger partial charge in [0.25, 0.3) is 0 Å². The molecular weight excluding hydrogens is 318 g/mol. The Kier molecular flexibility index (Phi) is 4.37. The SMILES string of the molecule is COc1ccc2c(c1C1=CCNCC1)n(C)c(=O)n2C1CNCCN1. The molecule has 1 saturated heterocycles. The van der Waals surface area contributed by atoms with Gasteiger partial charge in [-0.2, -0.15) is 0 Å². The number of nitrogens with one attached hydrogen (secondary N) is 3. The smallest absolute Gasteiger partial charge is 0.330 e. The van der Waals surface area contributed by atoms with Crippen LogP contribution in [0.1, 0.15) is 18.2 Å². The zero-order chi connectivity index (χ0) is 17.4. The fraction of sp³-hybridized carbons (Fsp3) is 0.500. The van der Waals surface area contributed by atoms with Crippen molar-refractivity contribution in [2.75, 3.05) is 39.8 Å². The second-order valence-corrected chi connectivity index (χ2v) is 6.58. The molecule has 0 spiro atoms. The summed E-state index contributed by atoms with van der Waals surface area (Å²) in [6.07, 6.45) is 3.09. The molecule has 7 heteroatoms. The summed E-state index contributed by atoms with van der Waals surface area (Å²) in [5.41, 5.74) is 4.18. The van der Waals surface area contributed by atoms with E-state index in [0.717, 1.165) is 61.5 Å².